The summed E-state index contributed by atoms with van der Waals surface area (Å²) in [6, 6.07) is 6.82. The smallest absolute Gasteiger partial charge is 0.323 e. The third-order valence-corrected chi connectivity index (χ3v) is 3.06. The highest BCUT2D eigenvalue weighted by Crippen LogP contribution is 2.10. The largest absolute Gasteiger partial charge is 0.481 e. The lowest BCUT2D eigenvalue weighted by atomic mass is 10.2. The van der Waals surface area contributed by atoms with E-state index in [0.717, 1.165) is 16.9 Å². The summed E-state index contributed by atoms with van der Waals surface area (Å²) >= 11 is 0. The van der Waals surface area contributed by atoms with Crippen molar-refractivity contribution in [3.63, 3.8) is 0 Å². The zero-order chi connectivity index (χ0) is 15.2. The molecule has 2 aromatic rings. The van der Waals surface area contributed by atoms with E-state index in [2.05, 4.69) is 20.0 Å². The second-order valence-corrected chi connectivity index (χ2v) is 4.58. The highest BCUT2D eigenvalue weighted by molar-refractivity contribution is 5.81. The average Bonchev–Trinajstić information content (AvgIpc) is 2.87. The number of nitrogens with zero attached hydrogens (tertiary/aromatic N) is 1. The molecule has 0 fully saturated rings. The summed E-state index contributed by atoms with van der Waals surface area (Å²) in [7, 11) is 1.23. The third kappa shape index (κ3) is 4.03. The molecule has 2 rings (SSSR count). The van der Waals surface area contributed by atoms with Gasteiger partial charge in [-0.2, -0.15) is 0 Å². The molecule has 0 bridgehead atoms. The van der Waals surface area contributed by atoms with Crippen LogP contribution in [-0.4, -0.2) is 46.7 Å². The van der Waals surface area contributed by atoms with Gasteiger partial charge in [0.25, 0.3) is 0 Å². The van der Waals surface area contributed by atoms with E-state index in [9.17, 15) is 9.59 Å². The fraction of sp³-hybridized carbons (Fsp3) is 0.357. The van der Waals surface area contributed by atoms with Crippen LogP contribution in [0.15, 0.2) is 24.3 Å². The number of ether oxygens (including phenoxy) is 1. The first-order valence-corrected chi connectivity index (χ1v) is 6.57. The Morgan fingerprint density at radius 2 is 2.19 bits per heavy atom. The average molecular weight is 291 g/mol. The van der Waals surface area contributed by atoms with Crippen molar-refractivity contribution in [3.8, 4) is 0 Å². The van der Waals surface area contributed by atoms with Crippen LogP contribution in [0.4, 0.5) is 0 Å². The van der Waals surface area contributed by atoms with Crippen LogP contribution in [0.3, 0.4) is 0 Å². The molecule has 0 aliphatic carbocycles. The SMILES string of the molecule is COC(=O)C(CC(=O)O)NCCc1nc2ccccc2[nH]1. The summed E-state index contributed by atoms with van der Waals surface area (Å²) in [4.78, 5) is 29.8. The van der Waals surface area contributed by atoms with E-state index in [4.69, 9.17) is 5.11 Å². The third-order valence-electron chi connectivity index (χ3n) is 3.06. The van der Waals surface area contributed by atoms with Gasteiger partial charge in [0.15, 0.2) is 0 Å². The van der Waals surface area contributed by atoms with Crippen molar-refractivity contribution in [2.45, 2.75) is 18.9 Å². The molecule has 0 spiro atoms. The number of carboxylic acid groups (broad SMARTS) is 1. The first-order chi connectivity index (χ1) is 10.1. The summed E-state index contributed by atoms with van der Waals surface area (Å²) < 4.78 is 4.58. The number of carbonyl (C=O) groups excluding carboxylic acids is 1. The molecule has 0 saturated heterocycles. The van der Waals surface area contributed by atoms with Gasteiger partial charge < -0.3 is 20.1 Å². The van der Waals surface area contributed by atoms with Crippen LogP contribution in [0.5, 0.6) is 0 Å². The van der Waals surface area contributed by atoms with Crippen LogP contribution < -0.4 is 5.32 Å². The summed E-state index contributed by atoms with van der Waals surface area (Å²) in [5.41, 5.74) is 1.82. The van der Waals surface area contributed by atoms with E-state index in [0.29, 0.717) is 13.0 Å². The summed E-state index contributed by atoms with van der Waals surface area (Å²) in [5.74, 6) is -0.855. The molecule has 1 aromatic heterocycles. The predicted octanol–water partition coefficient (Wildman–Crippen LogP) is 0.711. The number of aliphatic carboxylic acids is 1. The highest BCUT2D eigenvalue weighted by atomic mass is 16.5. The number of hydrogen-bond acceptors (Lipinski definition) is 5. The van der Waals surface area contributed by atoms with Crippen LogP contribution in [0.25, 0.3) is 11.0 Å². The Bertz CT molecular complexity index is 605. The number of benzene rings is 1. The van der Waals surface area contributed by atoms with Crippen LogP contribution in [0.2, 0.25) is 0 Å². The molecular weight excluding hydrogens is 274 g/mol. The molecule has 3 N–H and O–H groups in total. The van der Waals surface area contributed by atoms with Crippen molar-refractivity contribution in [2.75, 3.05) is 13.7 Å². The number of carboxylic acids is 1. The fourth-order valence-corrected chi connectivity index (χ4v) is 2.04. The van der Waals surface area contributed by atoms with E-state index in [-0.39, 0.29) is 6.42 Å². The number of rotatable bonds is 7. The Hall–Kier alpha value is -2.41. The lowest BCUT2D eigenvalue weighted by molar-refractivity contribution is -0.148. The molecule has 7 nitrogen and oxygen atoms in total. The fourth-order valence-electron chi connectivity index (χ4n) is 2.04. The number of aromatic nitrogens is 2. The van der Waals surface area contributed by atoms with E-state index in [1.54, 1.807) is 0 Å². The molecule has 21 heavy (non-hydrogen) atoms. The van der Waals surface area contributed by atoms with Crippen LogP contribution >= 0.6 is 0 Å². The van der Waals surface area contributed by atoms with Gasteiger partial charge in [-0.25, -0.2) is 4.98 Å². The van der Waals surface area contributed by atoms with E-state index in [1.165, 1.54) is 7.11 Å². The summed E-state index contributed by atoms with van der Waals surface area (Å²) in [5, 5.41) is 11.7. The van der Waals surface area contributed by atoms with Gasteiger partial charge in [0.2, 0.25) is 0 Å². The van der Waals surface area contributed by atoms with E-state index in [1.807, 2.05) is 24.3 Å². The predicted molar refractivity (Wildman–Crippen MR) is 75.9 cm³/mol. The Labute approximate surface area is 121 Å². The highest BCUT2D eigenvalue weighted by Gasteiger charge is 2.21. The number of fused-ring (bicyclic) bond motifs is 1. The first kappa shape index (κ1) is 15.0. The summed E-state index contributed by atoms with van der Waals surface area (Å²) in [6.45, 7) is 0.423. The van der Waals surface area contributed by atoms with E-state index >= 15 is 0 Å². The lowest BCUT2D eigenvalue weighted by Crippen LogP contribution is -2.40. The number of imidazole rings is 1. The van der Waals surface area contributed by atoms with Crippen molar-refractivity contribution >= 4 is 23.0 Å². The number of aromatic amines is 1. The topological polar surface area (TPSA) is 104 Å². The summed E-state index contributed by atoms with van der Waals surface area (Å²) in [6.07, 6.45) is 0.245. The van der Waals surface area contributed by atoms with Gasteiger partial charge in [0.1, 0.15) is 11.9 Å². The molecule has 0 aliphatic rings. The number of H-pyrrole nitrogens is 1. The molecule has 0 saturated carbocycles. The van der Waals surface area contributed by atoms with Gasteiger partial charge >= 0.3 is 11.9 Å². The molecule has 0 radical (unpaired) electrons. The van der Waals surface area contributed by atoms with Gasteiger partial charge in [-0.1, -0.05) is 12.1 Å². The Balaban J connectivity index is 1.92. The van der Waals surface area contributed by atoms with Crippen molar-refractivity contribution in [1.82, 2.24) is 15.3 Å². The number of para-hydroxylation sites is 2. The standard InChI is InChI=1S/C14H17N3O4/c1-21-14(20)11(8-13(18)19)15-7-6-12-16-9-4-2-3-5-10(9)17-12/h2-5,11,15H,6-8H2,1H3,(H,16,17)(H,18,19). The van der Waals surface area contributed by atoms with Gasteiger partial charge in [-0.05, 0) is 12.1 Å². The van der Waals surface area contributed by atoms with Crippen molar-refractivity contribution < 1.29 is 19.4 Å². The molecule has 0 aliphatic heterocycles. The van der Waals surface area contributed by atoms with Gasteiger partial charge in [-0.15, -0.1) is 0 Å². The van der Waals surface area contributed by atoms with Crippen molar-refractivity contribution in [1.29, 1.82) is 0 Å². The minimum atomic E-state index is -1.05. The Kier molecular flexibility index (Phi) is 4.89. The number of esters is 1. The van der Waals surface area contributed by atoms with Gasteiger partial charge in [-0.3, -0.25) is 9.59 Å². The van der Waals surface area contributed by atoms with Crippen LogP contribution in [0.1, 0.15) is 12.2 Å². The van der Waals surface area contributed by atoms with Gasteiger partial charge in [0.05, 0.1) is 24.6 Å². The Morgan fingerprint density at radius 1 is 1.43 bits per heavy atom. The molecule has 7 heteroatoms. The van der Waals surface area contributed by atoms with Crippen LogP contribution in [0, 0.1) is 0 Å². The number of hydrogen-bond donors (Lipinski definition) is 3. The van der Waals surface area contributed by atoms with Crippen LogP contribution in [-0.2, 0) is 20.7 Å². The lowest BCUT2D eigenvalue weighted by Gasteiger charge is -2.13. The number of nitrogens with one attached hydrogen (secondary N) is 2. The zero-order valence-corrected chi connectivity index (χ0v) is 11.6. The normalized spacial score (nSPS) is 12.2. The quantitative estimate of drug-likeness (QED) is 0.649. The van der Waals surface area contributed by atoms with Crippen molar-refractivity contribution in [2.24, 2.45) is 0 Å². The molecule has 1 unspecified atom stereocenters. The molecule has 0 amide bonds. The molecule has 112 valence electrons. The molecule has 1 heterocycles. The number of carbonyl (C=O) groups is 2. The maximum Gasteiger partial charge on any atom is 0.323 e. The van der Waals surface area contributed by atoms with Crippen molar-refractivity contribution in [3.05, 3.63) is 30.1 Å². The molecular formula is C14H17N3O4. The van der Waals surface area contributed by atoms with E-state index < -0.39 is 18.0 Å². The first-order valence-electron chi connectivity index (χ1n) is 6.57. The maximum atomic E-state index is 11.5. The Morgan fingerprint density at radius 3 is 2.86 bits per heavy atom. The minimum Gasteiger partial charge on any atom is -0.481 e. The monoisotopic (exact) mass is 291 g/mol. The second-order valence-electron chi connectivity index (χ2n) is 4.58. The minimum absolute atomic E-state index is 0.313. The second kappa shape index (κ2) is 6.85. The molecule has 1 aromatic carbocycles. The maximum absolute atomic E-state index is 11.5. The van der Waals surface area contributed by atoms with Gasteiger partial charge in [0, 0.05) is 13.0 Å². The molecule has 1 atom stereocenters. The zero-order valence-electron chi connectivity index (χ0n) is 11.6. The number of methoxy groups -OCH3 is 1.